The van der Waals surface area contributed by atoms with Gasteiger partial charge in [0, 0.05) is 13.1 Å². The van der Waals surface area contributed by atoms with Crippen LogP contribution in [-0.2, 0) is 6.54 Å². The molecule has 2 aromatic rings. The van der Waals surface area contributed by atoms with E-state index < -0.39 is 5.97 Å². The van der Waals surface area contributed by atoms with Gasteiger partial charge in [0.25, 0.3) is 0 Å². The molecular weight excluding hydrogens is 333 g/mol. The molecule has 0 radical (unpaired) electrons. The normalized spacial score (nSPS) is 17.7. The monoisotopic (exact) mass is 349 g/mol. The summed E-state index contributed by atoms with van der Waals surface area (Å²) < 4.78 is 13.0. The summed E-state index contributed by atoms with van der Waals surface area (Å²) in [5, 5.41) is 12.6. The summed E-state index contributed by atoms with van der Waals surface area (Å²) >= 11 is 1.10. The number of nitrogens with zero attached hydrogens (tertiary/aromatic N) is 2. The number of nitrogens with one attached hydrogen (secondary N) is 1. The number of hydrogen-bond acceptors (Lipinski definition) is 4. The second-order valence-electron chi connectivity index (χ2n) is 5.56. The molecule has 1 aromatic heterocycles. The predicted octanol–water partition coefficient (Wildman–Crippen LogP) is 2.95. The fourth-order valence-corrected chi connectivity index (χ4v) is 3.75. The number of aromatic nitrogens is 1. The average Bonchev–Trinajstić information content (AvgIpc) is 2.93. The number of carboxylic acids is 1. The van der Waals surface area contributed by atoms with Crippen molar-refractivity contribution in [1.29, 1.82) is 0 Å². The van der Waals surface area contributed by atoms with Gasteiger partial charge in [-0.25, -0.2) is 19.0 Å². The number of thiazole rings is 1. The van der Waals surface area contributed by atoms with E-state index in [9.17, 15) is 19.1 Å². The summed E-state index contributed by atoms with van der Waals surface area (Å²) in [7, 11) is 0. The number of benzene rings is 1. The molecule has 0 spiro atoms. The van der Waals surface area contributed by atoms with Gasteiger partial charge in [-0.05, 0) is 31.0 Å². The van der Waals surface area contributed by atoms with Crippen molar-refractivity contribution in [2.75, 3.05) is 6.54 Å². The Bertz CT molecular complexity index is 775. The highest BCUT2D eigenvalue weighted by atomic mass is 32.1. The third-order valence-electron chi connectivity index (χ3n) is 3.89. The molecule has 0 saturated carbocycles. The second-order valence-corrected chi connectivity index (χ2v) is 6.59. The number of carboxylic acid groups (broad SMARTS) is 1. The molecule has 1 unspecified atom stereocenters. The summed E-state index contributed by atoms with van der Waals surface area (Å²) in [6, 6.07) is 5.43. The van der Waals surface area contributed by atoms with Gasteiger partial charge < -0.3 is 15.3 Å². The van der Waals surface area contributed by atoms with Gasteiger partial charge >= 0.3 is 12.0 Å². The van der Waals surface area contributed by atoms with Gasteiger partial charge in [-0.15, -0.1) is 11.3 Å². The first-order valence-corrected chi connectivity index (χ1v) is 8.27. The minimum absolute atomic E-state index is 0.192. The van der Waals surface area contributed by atoms with Crippen LogP contribution in [0, 0.1) is 12.7 Å². The van der Waals surface area contributed by atoms with Crippen LogP contribution in [0.2, 0.25) is 0 Å². The third-order valence-corrected chi connectivity index (χ3v) is 5.14. The van der Waals surface area contributed by atoms with Crippen molar-refractivity contribution >= 4 is 23.3 Å². The number of aryl methyl sites for hydroxylation is 1. The molecule has 1 fully saturated rings. The van der Waals surface area contributed by atoms with E-state index in [0.717, 1.165) is 16.9 Å². The zero-order valence-corrected chi connectivity index (χ0v) is 13.8. The van der Waals surface area contributed by atoms with E-state index >= 15 is 0 Å². The van der Waals surface area contributed by atoms with Crippen molar-refractivity contribution < 1.29 is 19.1 Å². The smallest absolute Gasteiger partial charge is 0.347 e. The van der Waals surface area contributed by atoms with Crippen LogP contribution in [0.4, 0.5) is 9.18 Å². The molecule has 3 rings (SSSR count). The Kier molecular flexibility index (Phi) is 4.48. The number of hydrogen-bond donors (Lipinski definition) is 2. The van der Waals surface area contributed by atoms with Crippen molar-refractivity contribution in [3.8, 4) is 0 Å². The van der Waals surface area contributed by atoms with Crippen molar-refractivity contribution in [3.05, 3.63) is 51.2 Å². The molecule has 8 heteroatoms. The van der Waals surface area contributed by atoms with Gasteiger partial charge in [-0.3, -0.25) is 0 Å². The number of rotatable bonds is 4. The zero-order chi connectivity index (χ0) is 17.3. The molecule has 2 amide bonds. The van der Waals surface area contributed by atoms with Crippen LogP contribution in [0.5, 0.6) is 0 Å². The van der Waals surface area contributed by atoms with Crippen molar-refractivity contribution in [2.45, 2.75) is 25.9 Å². The molecule has 0 bridgehead atoms. The maximum atomic E-state index is 13.0. The van der Waals surface area contributed by atoms with E-state index in [4.69, 9.17) is 0 Å². The molecule has 1 atom stereocenters. The van der Waals surface area contributed by atoms with Crippen LogP contribution in [0.15, 0.2) is 24.3 Å². The lowest BCUT2D eigenvalue weighted by molar-refractivity contribution is 0.0701. The summed E-state index contributed by atoms with van der Waals surface area (Å²) in [6.45, 7) is 2.46. The number of amides is 2. The standard InChI is InChI=1S/C16H16FN3O3S/c1-9-13(15(21)22)24-14(19-9)12-6-7-18-16(23)20(12)8-10-2-4-11(17)5-3-10/h2-5,12H,6-8H2,1H3,(H,18,23)(H,21,22). The van der Waals surface area contributed by atoms with Crippen LogP contribution in [-0.4, -0.2) is 33.5 Å². The van der Waals surface area contributed by atoms with Crippen LogP contribution in [0.3, 0.4) is 0 Å². The molecule has 0 aliphatic carbocycles. The highest BCUT2D eigenvalue weighted by Gasteiger charge is 2.32. The Labute approximate surface area is 141 Å². The lowest BCUT2D eigenvalue weighted by Gasteiger charge is -2.35. The van der Waals surface area contributed by atoms with E-state index in [2.05, 4.69) is 10.3 Å². The van der Waals surface area contributed by atoms with Crippen molar-refractivity contribution in [2.24, 2.45) is 0 Å². The zero-order valence-electron chi connectivity index (χ0n) is 13.0. The lowest BCUT2D eigenvalue weighted by atomic mass is 10.1. The second kappa shape index (κ2) is 6.56. The molecule has 1 aliphatic rings. The fraction of sp³-hybridized carbons (Fsp3) is 0.312. The highest BCUT2D eigenvalue weighted by Crippen LogP contribution is 2.33. The predicted molar refractivity (Wildman–Crippen MR) is 86.5 cm³/mol. The third kappa shape index (κ3) is 3.23. The lowest BCUT2D eigenvalue weighted by Crippen LogP contribution is -2.47. The Balaban J connectivity index is 1.89. The molecule has 6 nitrogen and oxygen atoms in total. The van der Waals surface area contributed by atoms with E-state index in [1.807, 2.05) is 0 Å². The molecule has 1 aromatic carbocycles. The maximum absolute atomic E-state index is 13.0. The fourth-order valence-electron chi connectivity index (χ4n) is 2.70. The van der Waals surface area contributed by atoms with Crippen LogP contribution < -0.4 is 5.32 Å². The van der Waals surface area contributed by atoms with Crippen molar-refractivity contribution in [1.82, 2.24) is 15.2 Å². The summed E-state index contributed by atoms with van der Waals surface area (Å²) in [6.07, 6.45) is 0.638. The quantitative estimate of drug-likeness (QED) is 0.889. The Morgan fingerprint density at radius 2 is 2.17 bits per heavy atom. The molecule has 24 heavy (non-hydrogen) atoms. The first-order chi connectivity index (χ1) is 11.5. The van der Waals surface area contributed by atoms with E-state index in [-0.39, 0.29) is 22.8 Å². The Hall–Kier alpha value is -2.48. The van der Waals surface area contributed by atoms with Crippen LogP contribution >= 0.6 is 11.3 Å². The van der Waals surface area contributed by atoms with Crippen LogP contribution in [0.1, 0.15) is 38.4 Å². The number of halogens is 1. The number of carbonyl (C=O) groups excluding carboxylic acids is 1. The summed E-state index contributed by atoms with van der Waals surface area (Å²) in [5.41, 5.74) is 1.25. The van der Waals surface area contributed by atoms with Gasteiger partial charge in [0.2, 0.25) is 0 Å². The first kappa shape index (κ1) is 16.4. The Morgan fingerprint density at radius 1 is 1.46 bits per heavy atom. The minimum atomic E-state index is -1.01. The summed E-state index contributed by atoms with van der Waals surface area (Å²) in [5.74, 6) is -1.35. The topological polar surface area (TPSA) is 82.5 Å². The molecule has 126 valence electrons. The van der Waals surface area contributed by atoms with Gasteiger partial charge in [-0.2, -0.15) is 0 Å². The maximum Gasteiger partial charge on any atom is 0.347 e. The van der Waals surface area contributed by atoms with Gasteiger partial charge in [-0.1, -0.05) is 12.1 Å². The highest BCUT2D eigenvalue weighted by molar-refractivity contribution is 7.13. The molecule has 2 heterocycles. The summed E-state index contributed by atoms with van der Waals surface area (Å²) in [4.78, 5) is 29.7. The largest absolute Gasteiger partial charge is 0.477 e. The number of urea groups is 1. The van der Waals surface area contributed by atoms with E-state index in [0.29, 0.717) is 30.2 Å². The molecule has 1 saturated heterocycles. The van der Waals surface area contributed by atoms with Crippen molar-refractivity contribution in [3.63, 3.8) is 0 Å². The first-order valence-electron chi connectivity index (χ1n) is 7.45. The Morgan fingerprint density at radius 3 is 2.79 bits per heavy atom. The number of aromatic carboxylic acids is 1. The van der Waals surface area contributed by atoms with E-state index in [1.165, 1.54) is 12.1 Å². The molecule has 1 aliphatic heterocycles. The minimum Gasteiger partial charge on any atom is -0.477 e. The average molecular weight is 349 g/mol. The van der Waals surface area contributed by atoms with Crippen LogP contribution in [0.25, 0.3) is 0 Å². The van der Waals surface area contributed by atoms with E-state index in [1.54, 1.807) is 24.0 Å². The van der Waals surface area contributed by atoms with Gasteiger partial charge in [0.1, 0.15) is 15.7 Å². The number of carbonyl (C=O) groups is 2. The van der Waals surface area contributed by atoms with Gasteiger partial charge in [0.05, 0.1) is 11.7 Å². The molecular formula is C16H16FN3O3S. The van der Waals surface area contributed by atoms with Gasteiger partial charge in [0.15, 0.2) is 0 Å². The molecule has 2 N–H and O–H groups in total. The SMILES string of the molecule is Cc1nc(C2CCNC(=O)N2Cc2ccc(F)cc2)sc1C(=O)O.